The third kappa shape index (κ3) is 6.15. The standard InChI is InChI=1S/C18H30N4O3.HI/c1-5-19-17(20-12-18(4,24)15-7-6-10-25-15)21-14-8-9-22(11-14)16(23)13(2)3;/h6-7,10,13-14,24H,5,8-9,11-12H2,1-4H3,(H2,19,20,21);1H. The number of hydrogen-bond acceptors (Lipinski definition) is 4. The molecule has 0 bridgehead atoms. The second-order valence-electron chi connectivity index (χ2n) is 7.02. The molecule has 1 fully saturated rings. The second-order valence-corrected chi connectivity index (χ2v) is 7.02. The normalized spacial score (nSPS) is 19.8. The maximum absolute atomic E-state index is 12.1. The van der Waals surface area contributed by atoms with Crippen LogP contribution >= 0.6 is 24.0 Å². The summed E-state index contributed by atoms with van der Waals surface area (Å²) < 4.78 is 5.28. The highest BCUT2D eigenvalue weighted by Crippen LogP contribution is 2.21. The molecule has 1 saturated heterocycles. The van der Waals surface area contributed by atoms with E-state index in [4.69, 9.17) is 4.42 Å². The molecule has 1 aliphatic heterocycles. The summed E-state index contributed by atoms with van der Waals surface area (Å²) in [6.45, 7) is 9.85. The molecule has 3 N–H and O–H groups in total. The van der Waals surface area contributed by atoms with Gasteiger partial charge in [-0.15, -0.1) is 24.0 Å². The number of rotatable bonds is 6. The van der Waals surface area contributed by atoms with Gasteiger partial charge in [-0.25, -0.2) is 4.99 Å². The fourth-order valence-corrected chi connectivity index (χ4v) is 2.85. The number of likely N-dealkylation sites (tertiary alicyclic amines) is 1. The average molecular weight is 478 g/mol. The molecule has 2 rings (SSSR count). The zero-order valence-corrected chi connectivity index (χ0v) is 18.3. The number of hydrogen-bond donors (Lipinski definition) is 3. The van der Waals surface area contributed by atoms with Crippen molar-refractivity contribution in [1.82, 2.24) is 15.5 Å². The van der Waals surface area contributed by atoms with Gasteiger partial charge in [0.05, 0.1) is 12.8 Å². The highest BCUT2D eigenvalue weighted by molar-refractivity contribution is 14.0. The van der Waals surface area contributed by atoms with Gasteiger partial charge in [0.25, 0.3) is 0 Å². The van der Waals surface area contributed by atoms with Crippen molar-refractivity contribution in [3.05, 3.63) is 24.2 Å². The summed E-state index contributed by atoms with van der Waals surface area (Å²) >= 11 is 0. The maximum atomic E-state index is 12.1. The van der Waals surface area contributed by atoms with Gasteiger partial charge in [0.2, 0.25) is 5.91 Å². The number of guanidine groups is 1. The lowest BCUT2D eigenvalue weighted by atomic mass is 10.0. The fraction of sp³-hybridized carbons (Fsp3) is 0.667. The zero-order valence-electron chi connectivity index (χ0n) is 16.0. The topological polar surface area (TPSA) is 90.1 Å². The number of amides is 1. The predicted molar refractivity (Wildman–Crippen MR) is 113 cm³/mol. The molecule has 26 heavy (non-hydrogen) atoms. The fourth-order valence-electron chi connectivity index (χ4n) is 2.85. The van der Waals surface area contributed by atoms with E-state index in [1.54, 1.807) is 19.1 Å². The van der Waals surface area contributed by atoms with Gasteiger partial charge in [-0.05, 0) is 32.4 Å². The molecule has 7 nitrogen and oxygen atoms in total. The van der Waals surface area contributed by atoms with Crippen molar-refractivity contribution < 1.29 is 14.3 Å². The van der Waals surface area contributed by atoms with E-state index in [2.05, 4.69) is 15.6 Å². The largest absolute Gasteiger partial charge is 0.466 e. The summed E-state index contributed by atoms with van der Waals surface area (Å²) in [4.78, 5) is 18.5. The van der Waals surface area contributed by atoms with Gasteiger partial charge in [0.1, 0.15) is 11.4 Å². The van der Waals surface area contributed by atoms with Crippen LogP contribution in [-0.4, -0.2) is 54.1 Å². The maximum Gasteiger partial charge on any atom is 0.225 e. The van der Waals surface area contributed by atoms with Gasteiger partial charge in [-0.1, -0.05) is 13.8 Å². The number of nitrogens with one attached hydrogen (secondary N) is 2. The monoisotopic (exact) mass is 478 g/mol. The molecule has 0 radical (unpaired) electrons. The van der Waals surface area contributed by atoms with Gasteiger partial charge in [-0.3, -0.25) is 4.79 Å². The molecule has 0 aliphatic carbocycles. The molecule has 2 heterocycles. The van der Waals surface area contributed by atoms with Crippen LogP contribution in [0.25, 0.3) is 0 Å². The van der Waals surface area contributed by atoms with E-state index >= 15 is 0 Å². The van der Waals surface area contributed by atoms with E-state index in [9.17, 15) is 9.90 Å². The first-order valence-corrected chi connectivity index (χ1v) is 8.93. The molecule has 1 aromatic heterocycles. The predicted octanol–water partition coefficient (Wildman–Crippen LogP) is 1.92. The van der Waals surface area contributed by atoms with Crippen LogP contribution in [0.2, 0.25) is 0 Å². The highest BCUT2D eigenvalue weighted by Gasteiger charge is 2.29. The first kappa shape index (κ1) is 22.8. The number of halogens is 1. The van der Waals surface area contributed by atoms with E-state index in [0.717, 1.165) is 19.5 Å². The minimum Gasteiger partial charge on any atom is -0.466 e. The van der Waals surface area contributed by atoms with Crippen LogP contribution in [-0.2, 0) is 10.4 Å². The summed E-state index contributed by atoms with van der Waals surface area (Å²) in [7, 11) is 0. The molecular formula is C18H31IN4O3. The molecule has 0 saturated carbocycles. The Hall–Kier alpha value is -1.29. The van der Waals surface area contributed by atoms with Crippen molar-refractivity contribution in [2.45, 2.75) is 45.8 Å². The smallest absolute Gasteiger partial charge is 0.225 e. The number of nitrogens with zero attached hydrogens (tertiary/aromatic N) is 2. The summed E-state index contributed by atoms with van der Waals surface area (Å²) in [6.07, 6.45) is 2.42. The molecule has 148 valence electrons. The summed E-state index contributed by atoms with van der Waals surface area (Å²) in [5.74, 6) is 1.33. The quantitative estimate of drug-likeness (QED) is 0.330. The first-order valence-electron chi connectivity index (χ1n) is 8.93. The van der Waals surface area contributed by atoms with Crippen LogP contribution in [0.15, 0.2) is 27.8 Å². The number of furan rings is 1. The van der Waals surface area contributed by atoms with Gasteiger partial charge >= 0.3 is 0 Å². The van der Waals surface area contributed by atoms with Crippen LogP contribution in [0.3, 0.4) is 0 Å². The van der Waals surface area contributed by atoms with E-state index in [1.807, 2.05) is 25.7 Å². The molecular weight excluding hydrogens is 447 g/mol. The molecule has 1 aliphatic rings. The van der Waals surface area contributed by atoms with Crippen molar-refractivity contribution in [2.75, 3.05) is 26.2 Å². The first-order chi connectivity index (χ1) is 11.8. The summed E-state index contributed by atoms with van der Waals surface area (Å²) in [6, 6.07) is 3.65. The molecule has 8 heteroatoms. The second kappa shape index (κ2) is 10.1. The number of aliphatic hydroxyl groups is 1. The summed E-state index contributed by atoms with van der Waals surface area (Å²) in [5, 5.41) is 17.1. The Balaban J connectivity index is 0.00000338. The Labute approximate surface area is 172 Å². The van der Waals surface area contributed by atoms with Crippen LogP contribution < -0.4 is 10.6 Å². The lowest BCUT2D eigenvalue weighted by Crippen LogP contribution is -2.46. The number of carbonyl (C=O) groups is 1. The van der Waals surface area contributed by atoms with Gasteiger partial charge in [0.15, 0.2) is 5.96 Å². The Morgan fingerprint density at radius 2 is 2.27 bits per heavy atom. The Kier molecular flexibility index (Phi) is 8.88. The van der Waals surface area contributed by atoms with Crippen molar-refractivity contribution in [3.8, 4) is 0 Å². The number of carbonyl (C=O) groups excluding carboxylic acids is 1. The minimum atomic E-state index is -1.17. The third-order valence-electron chi connectivity index (χ3n) is 4.28. The third-order valence-corrected chi connectivity index (χ3v) is 4.28. The van der Waals surface area contributed by atoms with Crippen molar-refractivity contribution in [3.63, 3.8) is 0 Å². The number of aliphatic imine (C=N–C) groups is 1. The minimum absolute atomic E-state index is 0. The lowest BCUT2D eigenvalue weighted by molar-refractivity contribution is -0.133. The zero-order chi connectivity index (χ0) is 18.4. The Morgan fingerprint density at radius 3 is 2.85 bits per heavy atom. The van der Waals surface area contributed by atoms with Gasteiger partial charge < -0.3 is 25.1 Å². The molecule has 2 atom stereocenters. The van der Waals surface area contributed by atoms with Crippen LogP contribution in [0.1, 0.15) is 39.9 Å². The van der Waals surface area contributed by atoms with E-state index in [-0.39, 0.29) is 48.4 Å². The molecule has 0 spiro atoms. The molecule has 0 aromatic carbocycles. The van der Waals surface area contributed by atoms with E-state index in [1.165, 1.54) is 6.26 Å². The van der Waals surface area contributed by atoms with Gasteiger partial charge in [0, 0.05) is 31.6 Å². The van der Waals surface area contributed by atoms with Crippen molar-refractivity contribution >= 4 is 35.8 Å². The van der Waals surface area contributed by atoms with Crippen molar-refractivity contribution in [1.29, 1.82) is 0 Å². The molecule has 1 aromatic rings. The van der Waals surface area contributed by atoms with Crippen LogP contribution in [0.5, 0.6) is 0 Å². The molecule has 1 amide bonds. The van der Waals surface area contributed by atoms with E-state index < -0.39 is 5.60 Å². The Morgan fingerprint density at radius 1 is 1.54 bits per heavy atom. The summed E-state index contributed by atoms with van der Waals surface area (Å²) in [5.41, 5.74) is -1.17. The van der Waals surface area contributed by atoms with Crippen LogP contribution in [0.4, 0.5) is 0 Å². The van der Waals surface area contributed by atoms with Crippen LogP contribution in [0, 0.1) is 5.92 Å². The SMILES string of the molecule is CCNC(=NCC(C)(O)c1ccco1)NC1CCN(C(=O)C(C)C)C1.I. The Bertz CT molecular complexity index is 587. The van der Waals surface area contributed by atoms with E-state index in [0.29, 0.717) is 18.3 Å². The van der Waals surface area contributed by atoms with Crippen molar-refractivity contribution in [2.24, 2.45) is 10.9 Å². The highest BCUT2D eigenvalue weighted by atomic mass is 127. The van der Waals surface area contributed by atoms with Gasteiger partial charge in [-0.2, -0.15) is 0 Å². The molecule has 2 unspecified atom stereocenters. The lowest BCUT2D eigenvalue weighted by Gasteiger charge is -2.22. The average Bonchev–Trinajstić information content (AvgIpc) is 3.24.